The van der Waals surface area contributed by atoms with Crippen LogP contribution in [-0.4, -0.2) is 47.2 Å². The van der Waals surface area contributed by atoms with E-state index >= 15 is 0 Å². The van der Waals surface area contributed by atoms with Gasteiger partial charge in [-0.05, 0) is 100 Å². The highest BCUT2D eigenvalue weighted by Crippen LogP contribution is 2.40. The number of halogens is 2. The van der Waals surface area contributed by atoms with Crippen LogP contribution in [0.2, 0.25) is 0 Å². The number of carbonyl (C=O) groups is 2. The van der Waals surface area contributed by atoms with Gasteiger partial charge in [0.05, 0.1) is 26.5 Å². The molecular weight excluding hydrogens is 596 g/mol. The molecule has 1 aliphatic heterocycles. The van der Waals surface area contributed by atoms with Crippen molar-refractivity contribution < 1.29 is 19.1 Å². The summed E-state index contributed by atoms with van der Waals surface area (Å²) in [5.41, 5.74) is 0.866. The Morgan fingerprint density at radius 3 is 2.34 bits per heavy atom. The van der Waals surface area contributed by atoms with Gasteiger partial charge in [-0.15, -0.1) is 0 Å². The van der Waals surface area contributed by atoms with Crippen LogP contribution in [0.25, 0.3) is 6.08 Å². The number of esters is 1. The molecule has 2 aliphatic carbocycles. The Morgan fingerprint density at radius 1 is 1.09 bits per heavy atom. The largest absolute Gasteiger partial charge is 0.480 e. The highest BCUT2D eigenvalue weighted by molar-refractivity contribution is 9.11. The van der Waals surface area contributed by atoms with Gasteiger partial charge in [0, 0.05) is 6.04 Å². The summed E-state index contributed by atoms with van der Waals surface area (Å²) in [5, 5.41) is 0.882. The van der Waals surface area contributed by atoms with Gasteiger partial charge in [-0.2, -0.15) is 0 Å². The number of amidine groups is 1. The number of aliphatic imine (C=N–C) groups is 1. The Morgan fingerprint density at radius 2 is 1.71 bits per heavy atom. The van der Waals surface area contributed by atoms with E-state index in [0.717, 1.165) is 36.4 Å². The summed E-state index contributed by atoms with van der Waals surface area (Å²) in [6, 6.07) is 4.36. The SMILES string of the molecule is CCOC(=O)COc1c(Br)cc(C=C2SC(=NC3CCCCC3)N(C3CCCCC3)C2=O)cc1Br. The highest BCUT2D eigenvalue weighted by atomic mass is 79.9. The first-order valence-electron chi connectivity index (χ1n) is 12.5. The zero-order valence-corrected chi connectivity index (χ0v) is 24.1. The molecular formula is C26H32Br2N2O4S. The number of carbonyl (C=O) groups excluding carboxylic acids is 2. The number of ether oxygens (including phenoxy) is 2. The molecule has 1 aromatic rings. The number of thioether (sulfide) groups is 1. The Bertz CT molecular complexity index is 978. The molecule has 9 heteroatoms. The molecule has 35 heavy (non-hydrogen) atoms. The number of benzene rings is 1. The van der Waals surface area contributed by atoms with Crippen molar-refractivity contribution in [2.24, 2.45) is 4.99 Å². The van der Waals surface area contributed by atoms with E-state index in [1.165, 1.54) is 50.3 Å². The van der Waals surface area contributed by atoms with Gasteiger partial charge in [-0.1, -0.05) is 38.5 Å². The normalized spacial score (nSPS) is 22.3. The first-order valence-corrected chi connectivity index (χ1v) is 14.9. The van der Waals surface area contributed by atoms with E-state index in [2.05, 4.69) is 31.9 Å². The fourth-order valence-corrected chi connectivity index (χ4v) is 7.45. The van der Waals surface area contributed by atoms with Gasteiger partial charge in [-0.25, -0.2) is 4.79 Å². The third kappa shape index (κ3) is 6.92. The number of nitrogens with zero attached hydrogens (tertiary/aromatic N) is 2. The molecule has 4 rings (SSSR count). The molecule has 0 radical (unpaired) electrons. The molecule has 3 fully saturated rings. The van der Waals surface area contributed by atoms with E-state index in [1.807, 2.05) is 23.1 Å². The molecule has 0 unspecified atom stereocenters. The summed E-state index contributed by atoms with van der Waals surface area (Å²) >= 11 is 8.59. The first kappa shape index (κ1) is 26.7. The zero-order valence-electron chi connectivity index (χ0n) is 20.1. The predicted molar refractivity (Wildman–Crippen MR) is 148 cm³/mol. The molecule has 2 saturated carbocycles. The standard InChI is InChI=1S/C26H32Br2N2O4S/c1-2-33-23(31)16-34-24-20(27)13-17(14-21(24)28)15-22-25(32)30(19-11-7-4-8-12-19)26(35-22)29-18-9-5-3-6-10-18/h13-15,18-19H,2-12,16H2,1H3. The maximum absolute atomic E-state index is 13.6. The second-order valence-corrected chi connectivity index (χ2v) is 11.9. The van der Waals surface area contributed by atoms with Crippen LogP contribution in [0.15, 0.2) is 31.0 Å². The lowest BCUT2D eigenvalue weighted by molar-refractivity contribution is -0.145. The Hall–Kier alpha value is -1.32. The van der Waals surface area contributed by atoms with Crippen molar-refractivity contribution in [1.29, 1.82) is 0 Å². The second kappa shape index (κ2) is 12.8. The van der Waals surface area contributed by atoms with Gasteiger partial charge in [0.2, 0.25) is 0 Å². The molecule has 1 aromatic carbocycles. The van der Waals surface area contributed by atoms with Crippen LogP contribution < -0.4 is 4.74 Å². The number of hydrogen-bond acceptors (Lipinski definition) is 6. The molecule has 0 bridgehead atoms. The van der Waals surface area contributed by atoms with E-state index < -0.39 is 5.97 Å². The smallest absolute Gasteiger partial charge is 0.344 e. The van der Waals surface area contributed by atoms with Gasteiger partial charge in [0.25, 0.3) is 5.91 Å². The molecule has 6 nitrogen and oxygen atoms in total. The van der Waals surface area contributed by atoms with Crippen molar-refractivity contribution >= 4 is 66.7 Å². The number of hydrogen-bond donors (Lipinski definition) is 0. The van der Waals surface area contributed by atoms with Crippen LogP contribution in [0.5, 0.6) is 5.75 Å². The van der Waals surface area contributed by atoms with Crippen LogP contribution in [0.3, 0.4) is 0 Å². The van der Waals surface area contributed by atoms with Crippen molar-refractivity contribution in [1.82, 2.24) is 4.90 Å². The summed E-state index contributed by atoms with van der Waals surface area (Å²) in [6.07, 6.45) is 13.6. The lowest BCUT2D eigenvalue weighted by Gasteiger charge is -2.31. The van der Waals surface area contributed by atoms with Crippen molar-refractivity contribution in [2.45, 2.75) is 83.2 Å². The van der Waals surface area contributed by atoms with Gasteiger partial charge in [-0.3, -0.25) is 14.7 Å². The quantitative estimate of drug-likeness (QED) is 0.238. The van der Waals surface area contributed by atoms with Crippen molar-refractivity contribution in [3.8, 4) is 5.75 Å². The fourth-order valence-electron chi connectivity index (χ4n) is 4.89. The molecule has 0 aromatic heterocycles. The van der Waals surface area contributed by atoms with E-state index in [4.69, 9.17) is 14.5 Å². The minimum atomic E-state index is -0.418. The molecule has 1 saturated heterocycles. The van der Waals surface area contributed by atoms with Crippen LogP contribution in [0.1, 0.15) is 76.7 Å². The first-order chi connectivity index (χ1) is 17.0. The minimum Gasteiger partial charge on any atom is -0.480 e. The lowest BCUT2D eigenvalue weighted by Crippen LogP contribution is -2.41. The van der Waals surface area contributed by atoms with Crippen molar-refractivity contribution in [3.63, 3.8) is 0 Å². The summed E-state index contributed by atoms with van der Waals surface area (Å²) in [5.74, 6) is 0.165. The molecule has 1 heterocycles. The number of amides is 1. The zero-order chi connectivity index (χ0) is 24.8. The average Bonchev–Trinajstić information content (AvgIpc) is 3.14. The summed E-state index contributed by atoms with van der Waals surface area (Å²) in [6.45, 7) is 1.90. The second-order valence-electron chi connectivity index (χ2n) is 9.19. The molecule has 1 amide bonds. The average molecular weight is 628 g/mol. The summed E-state index contributed by atoms with van der Waals surface area (Å²) < 4.78 is 12.0. The molecule has 190 valence electrons. The van der Waals surface area contributed by atoms with Gasteiger partial charge >= 0.3 is 5.97 Å². The minimum absolute atomic E-state index is 0.0614. The van der Waals surface area contributed by atoms with E-state index in [1.54, 1.807) is 6.92 Å². The topological polar surface area (TPSA) is 68.2 Å². The maximum atomic E-state index is 13.6. The van der Waals surface area contributed by atoms with Crippen LogP contribution >= 0.6 is 43.6 Å². The monoisotopic (exact) mass is 626 g/mol. The molecule has 0 spiro atoms. The lowest BCUT2D eigenvalue weighted by atomic mass is 9.94. The Balaban J connectivity index is 1.56. The van der Waals surface area contributed by atoms with Crippen LogP contribution in [-0.2, 0) is 14.3 Å². The van der Waals surface area contributed by atoms with Gasteiger partial charge in [0.1, 0.15) is 5.75 Å². The summed E-state index contributed by atoms with van der Waals surface area (Å²) in [4.78, 5) is 33.0. The fraction of sp³-hybridized carbons (Fsp3) is 0.577. The highest BCUT2D eigenvalue weighted by Gasteiger charge is 2.39. The van der Waals surface area contributed by atoms with Crippen LogP contribution in [0, 0.1) is 0 Å². The van der Waals surface area contributed by atoms with E-state index in [9.17, 15) is 9.59 Å². The van der Waals surface area contributed by atoms with E-state index in [0.29, 0.717) is 32.2 Å². The number of rotatable bonds is 7. The third-order valence-electron chi connectivity index (χ3n) is 6.60. The molecule has 0 N–H and O–H groups in total. The third-order valence-corrected chi connectivity index (χ3v) is 8.78. The Kier molecular flexibility index (Phi) is 9.75. The van der Waals surface area contributed by atoms with Crippen molar-refractivity contribution in [2.75, 3.05) is 13.2 Å². The Labute approximate surface area is 228 Å². The maximum Gasteiger partial charge on any atom is 0.344 e. The van der Waals surface area contributed by atoms with Crippen molar-refractivity contribution in [3.05, 3.63) is 31.5 Å². The van der Waals surface area contributed by atoms with Gasteiger partial charge < -0.3 is 9.47 Å². The van der Waals surface area contributed by atoms with Gasteiger partial charge in [0.15, 0.2) is 11.8 Å². The van der Waals surface area contributed by atoms with E-state index in [-0.39, 0.29) is 18.6 Å². The summed E-state index contributed by atoms with van der Waals surface area (Å²) in [7, 11) is 0. The molecule has 0 atom stereocenters. The molecule has 3 aliphatic rings. The predicted octanol–water partition coefficient (Wildman–Crippen LogP) is 7.09. The van der Waals surface area contributed by atoms with Crippen LogP contribution in [0.4, 0.5) is 0 Å².